The van der Waals surface area contributed by atoms with Gasteiger partial charge in [-0.1, -0.05) is 0 Å². The van der Waals surface area contributed by atoms with Crippen LogP contribution in [0.3, 0.4) is 0 Å². The van der Waals surface area contributed by atoms with E-state index in [2.05, 4.69) is 0 Å². The van der Waals surface area contributed by atoms with Gasteiger partial charge >= 0.3 is 21.1 Å². The van der Waals surface area contributed by atoms with E-state index < -0.39 is 0 Å². The van der Waals surface area contributed by atoms with Crippen LogP contribution in [0, 0.1) is 0 Å². The second-order valence-electron chi connectivity index (χ2n) is 0. The summed E-state index contributed by atoms with van der Waals surface area (Å²) in [4.78, 5) is 0. The van der Waals surface area contributed by atoms with Gasteiger partial charge in [0.05, 0.1) is 0 Å². The standard InChI is InChI=1S/2H3N.6H2O.Pt/h2*1H3;6*1H2;/q;;;;;;;;+4/p-4. The molecule has 0 aromatic heterocycles. The Morgan fingerprint density at radius 3 is 0.333 bits per heavy atom. The third kappa shape index (κ3) is 2500. The van der Waals surface area contributed by atoms with Gasteiger partial charge in [-0.05, 0) is 0 Å². The van der Waals surface area contributed by atoms with Crippen LogP contribution in [0.2, 0.25) is 0 Å². The predicted molar refractivity (Wildman–Crippen MR) is 23.6 cm³/mol. The summed E-state index contributed by atoms with van der Waals surface area (Å²) in [5.41, 5.74) is 0. The fourth-order valence-electron chi connectivity index (χ4n) is 0. The first kappa shape index (κ1) is 4840. The Labute approximate surface area is 66.9 Å². The molecular weight excluding hydrogens is 319 g/mol. The SMILES string of the molecule is [NH4+].[NH4+].[OH-].[OH-].[OH-].[OH-].[OH-].[OH-].[Pt+4]. The Hall–Kier alpha value is 0.368. The van der Waals surface area contributed by atoms with Crippen LogP contribution in [0.1, 0.15) is 0 Å². The van der Waals surface area contributed by atoms with E-state index in [4.69, 9.17) is 0 Å². The van der Waals surface area contributed by atoms with Crippen molar-refractivity contribution in [1.82, 2.24) is 12.3 Å². The average molecular weight is 333 g/mol. The second kappa shape index (κ2) is 3350. The van der Waals surface area contributed by atoms with E-state index in [1.54, 1.807) is 0 Å². The van der Waals surface area contributed by atoms with E-state index in [1.165, 1.54) is 0 Å². The van der Waals surface area contributed by atoms with Gasteiger partial charge in [0.1, 0.15) is 0 Å². The van der Waals surface area contributed by atoms with Crippen LogP contribution in [0.15, 0.2) is 0 Å². The first-order chi connectivity index (χ1) is 0. The summed E-state index contributed by atoms with van der Waals surface area (Å²) >= 11 is 0. The number of rotatable bonds is 0. The van der Waals surface area contributed by atoms with Crippen LogP contribution in [-0.2, 0) is 21.1 Å². The Kier molecular flexibility index (Phi) is 1800000. The third-order valence-electron chi connectivity index (χ3n) is 0. The molecule has 9 heavy (non-hydrogen) atoms. The van der Waals surface area contributed by atoms with Crippen molar-refractivity contribution in [3.63, 3.8) is 0 Å². The van der Waals surface area contributed by atoms with Crippen molar-refractivity contribution in [3.05, 3.63) is 0 Å². The maximum Gasteiger partial charge on any atom is 4.00 e. The van der Waals surface area contributed by atoms with Gasteiger partial charge in [-0.2, -0.15) is 0 Å². The van der Waals surface area contributed by atoms with Crippen molar-refractivity contribution in [2.24, 2.45) is 0 Å². The van der Waals surface area contributed by atoms with Crippen LogP contribution in [0.4, 0.5) is 0 Å². The largest absolute Gasteiger partial charge is 4.00 e. The summed E-state index contributed by atoms with van der Waals surface area (Å²) in [6.45, 7) is 0. The molecule has 9 heteroatoms. The van der Waals surface area contributed by atoms with E-state index in [9.17, 15) is 0 Å². The topological polar surface area (TPSA) is 253 Å². The molecular formula is H14N2O6Pt. The zero-order chi connectivity index (χ0) is 0. The van der Waals surface area contributed by atoms with Gasteiger partial charge in [0, 0.05) is 0 Å². The zero-order valence-electron chi connectivity index (χ0n) is 5.00. The van der Waals surface area contributed by atoms with Gasteiger partial charge in [0.15, 0.2) is 0 Å². The van der Waals surface area contributed by atoms with E-state index >= 15 is 0 Å². The molecule has 8 nitrogen and oxygen atoms in total. The van der Waals surface area contributed by atoms with Crippen molar-refractivity contribution in [2.45, 2.75) is 0 Å². The van der Waals surface area contributed by atoms with Crippen molar-refractivity contribution >= 4 is 0 Å². The van der Waals surface area contributed by atoms with Crippen molar-refractivity contribution < 1.29 is 53.9 Å². The molecule has 0 aliphatic rings. The van der Waals surface area contributed by atoms with Crippen LogP contribution < -0.4 is 12.3 Å². The Bertz CT molecular complexity index is 11.0. The molecule has 0 radical (unpaired) electrons. The molecule has 14 N–H and O–H groups in total. The molecule has 0 bridgehead atoms. The van der Waals surface area contributed by atoms with Crippen LogP contribution >= 0.6 is 0 Å². The summed E-state index contributed by atoms with van der Waals surface area (Å²) < 4.78 is 0. The van der Waals surface area contributed by atoms with Crippen molar-refractivity contribution in [3.8, 4) is 0 Å². The van der Waals surface area contributed by atoms with Gasteiger partial charge in [-0.3, -0.25) is 0 Å². The predicted octanol–water partition coefficient (Wildman–Crippen LogP) is -0.311. The Morgan fingerprint density at radius 2 is 0.333 bits per heavy atom. The Balaban J connectivity index is 0. The minimum atomic E-state index is 0. The van der Waals surface area contributed by atoms with E-state index in [1.807, 2.05) is 0 Å². The normalized spacial score (nSPS) is 0. The maximum absolute atomic E-state index is 0. The molecule has 0 saturated heterocycles. The molecule has 0 amide bonds. The summed E-state index contributed by atoms with van der Waals surface area (Å²) in [7, 11) is 0. The number of hydrogen-bond acceptors (Lipinski definition) is 6. The summed E-state index contributed by atoms with van der Waals surface area (Å²) in [5, 5.41) is 0. The summed E-state index contributed by atoms with van der Waals surface area (Å²) in [5.74, 6) is 0. The average Bonchev–Trinajstić information content (AvgIpc) is 0. The quantitative estimate of drug-likeness (QED) is 0.600. The molecule has 0 saturated carbocycles. The zero-order valence-corrected chi connectivity index (χ0v) is 7.27. The molecule has 0 unspecified atom stereocenters. The molecule has 0 aromatic rings. The fourth-order valence-corrected chi connectivity index (χ4v) is 0. The van der Waals surface area contributed by atoms with E-state index in [0.29, 0.717) is 0 Å². The molecule has 0 fully saturated rings. The van der Waals surface area contributed by atoms with Gasteiger partial charge in [-0.15, -0.1) is 0 Å². The van der Waals surface area contributed by atoms with Crippen molar-refractivity contribution in [2.75, 3.05) is 0 Å². The molecule has 0 heterocycles. The molecule has 0 spiro atoms. The van der Waals surface area contributed by atoms with Gasteiger partial charge in [-0.25, -0.2) is 0 Å². The summed E-state index contributed by atoms with van der Waals surface area (Å²) in [6.07, 6.45) is 0. The molecule has 0 aromatic carbocycles. The number of hydrogen-bond donors (Lipinski definition) is 2. The van der Waals surface area contributed by atoms with Gasteiger partial charge in [0.25, 0.3) is 0 Å². The van der Waals surface area contributed by atoms with Gasteiger partial charge < -0.3 is 45.2 Å². The number of quaternary nitrogens is 2. The fraction of sp³-hybridized carbons (Fsp3) is 0. The maximum atomic E-state index is 0. The first-order valence-electron chi connectivity index (χ1n) is 0. The minimum Gasteiger partial charge on any atom is -0.870 e. The van der Waals surface area contributed by atoms with Crippen molar-refractivity contribution in [1.29, 1.82) is 0 Å². The van der Waals surface area contributed by atoms with Crippen LogP contribution in [0.25, 0.3) is 0 Å². The van der Waals surface area contributed by atoms with E-state index in [-0.39, 0.29) is 66.2 Å². The molecule has 0 aliphatic heterocycles. The summed E-state index contributed by atoms with van der Waals surface area (Å²) in [6, 6.07) is 0. The molecule has 70 valence electrons. The second-order valence-corrected chi connectivity index (χ2v) is 0. The molecule has 0 rings (SSSR count). The minimum absolute atomic E-state index is 0. The smallest absolute Gasteiger partial charge is 0.870 e. The van der Waals surface area contributed by atoms with E-state index in [0.717, 1.165) is 0 Å². The first-order valence-corrected chi connectivity index (χ1v) is 0. The monoisotopic (exact) mass is 333 g/mol. The Morgan fingerprint density at radius 1 is 0.333 bits per heavy atom. The molecule has 0 aliphatic carbocycles. The molecule has 0 atom stereocenters. The van der Waals surface area contributed by atoms with Crippen LogP contribution in [0.5, 0.6) is 0 Å². The third-order valence-corrected chi connectivity index (χ3v) is 0. The van der Waals surface area contributed by atoms with Gasteiger partial charge in [0.2, 0.25) is 0 Å². The van der Waals surface area contributed by atoms with Crippen LogP contribution in [-0.4, -0.2) is 32.9 Å².